The summed E-state index contributed by atoms with van der Waals surface area (Å²) >= 11 is 0. The van der Waals surface area contributed by atoms with Crippen molar-refractivity contribution in [3.63, 3.8) is 0 Å². The maximum Gasteiger partial charge on any atom is 0.0779 e. The summed E-state index contributed by atoms with van der Waals surface area (Å²) in [4.78, 5) is 0. The summed E-state index contributed by atoms with van der Waals surface area (Å²) in [7, 11) is 0. The second-order valence-corrected chi connectivity index (χ2v) is 5.63. The zero-order valence-corrected chi connectivity index (χ0v) is 11.1. The van der Waals surface area contributed by atoms with Crippen LogP contribution in [0.3, 0.4) is 0 Å². The van der Waals surface area contributed by atoms with E-state index in [0.29, 0.717) is 0 Å². The van der Waals surface area contributed by atoms with Crippen molar-refractivity contribution in [2.45, 2.75) is 38.3 Å². The standard InChI is InChI=1S/C15H22N2O/c1-15(7-3-9-18-15)11-16-10-13-5-2-4-12-6-8-17-14(12)13/h2,4-5,16-17H,3,6-11H2,1H3. The van der Waals surface area contributed by atoms with Gasteiger partial charge < -0.3 is 15.4 Å². The minimum atomic E-state index is 0.0470. The largest absolute Gasteiger partial charge is 0.384 e. The van der Waals surface area contributed by atoms with Gasteiger partial charge in [0.1, 0.15) is 0 Å². The molecule has 1 unspecified atom stereocenters. The number of hydrogen-bond donors (Lipinski definition) is 2. The van der Waals surface area contributed by atoms with Gasteiger partial charge in [0.2, 0.25) is 0 Å². The maximum atomic E-state index is 5.79. The first-order valence-corrected chi connectivity index (χ1v) is 6.96. The Hall–Kier alpha value is -1.06. The molecule has 2 heterocycles. The van der Waals surface area contributed by atoms with Gasteiger partial charge in [-0.15, -0.1) is 0 Å². The van der Waals surface area contributed by atoms with Gasteiger partial charge in [-0.25, -0.2) is 0 Å². The lowest BCUT2D eigenvalue weighted by Gasteiger charge is -2.23. The summed E-state index contributed by atoms with van der Waals surface area (Å²) in [5.41, 5.74) is 4.23. The predicted molar refractivity (Wildman–Crippen MR) is 73.9 cm³/mol. The van der Waals surface area contributed by atoms with Gasteiger partial charge in [-0.2, -0.15) is 0 Å². The molecule has 0 aliphatic carbocycles. The van der Waals surface area contributed by atoms with E-state index < -0.39 is 0 Å². The Labute approximate surface area is 109 Å². The van der Waals surface area contributed by atoms with Crippen LogP contribution >= 0.6 is 0 Å². The number of benzene rings is 1. The molecule has 0 spiro atoms. The van der Waals surface area contributed by atoms with Gasteiger partial charge in [0.05, 0.1) is 5.60 Å². The van der Waals surface area contributed by atoms with E-state index in [1.54, 1.807) is 0 Å². The van der Waals surface area contributed by atoms with Crippen LogP contribution in [0.25, 0.3) is 0 Å². The van der Waals surface area contributed by atoms with Gasteiger partial charge in [-0.05, 0) is 37.3 Å². The highest BCUT2D eigenvalue weighted by molar-refractivity contribution is 5.61. The van der Waals surface area contributed by atoms with E-state index in [4.69, 9.17) is 4.74 Å². The minimum Gasteiger partial charge on any atom is -0.384 e. The van der Waals surface area contributed by atoms with Crippen LogP contribution in [0.2, 0.25) is 0 Å². The molecular formula is C15H22N2O. The number of ether oxygens (including phenoxy) is 1. The Bertz CT molecular complexity index is 425. The fourth-order valence-electron chi connectivity index (χ4n) is 3.00. The molecule has 3 rings (SSSR count). The van der Waals surface area contributed by atoms with Crippen LogP contribution in [-0.4, -0.2) is 25.3 Å². The normalized spacial score (nSPS) is 26.1. The third-order valence-electron chi connectivity index (χ3n) is 4.05. The highest BCUT2D eigenvalue weighted by Crippen LogP contribution is 2.27. The SMILES string of the molecule is CC1(CNCc2cccc3c2NCC3)CCCO1. The van der Waals surface area contributed by atoms with Crippen LogP contribution in [-0.2, 0) is 17.7 Å². The maximum absolute atomic E-state index is 5.79. The fraction of sp³-hybridized carbons (Fsp3) is 0.600. The highest BCUT2D eigenvalue weighted by atomic mass is 16.5. The smallest absolute Gasteiger partial charge is 0.0779 e. The van der Waals surface area contributed by atoms with Crippen LogP contribution < -0.4 is 10.6 Å². The van der Waals surface area contributed by atoms with Crippen molar-refractivity contribution in [3.05, 3.63) is 29.3 Å². The van der Waals surface area contributed by atoms with Gasteiger partial charge >= 0.3 is 0 Å². The summed E-state index contributed by atoms with van der Waals surface area (Å²) in [6.45, 7) is 6.07. The Morgan fingerprint density at radius 3 is 3.22 bits per heavy atom. The molecule has 3 nitrogen and oxygen atoms in total. The van der Waals surface area contributed by atoms with Crippen LogP contribution in [0.4, 0.5) is 5.69 Å². The third-order valence-corrected chi connectivity index (χ3v) is 4.05. The van der Waals surface area contributed by atoms with Gasteiger partial charge in [-0.1, -0.05) is 18.2 Å². The molecule has 3 heteroatoms. The van der Waals surface area contributed by atoms with Crippen LogP contribution in [0.15, 0.2) is 18.2 Å². The Balaban J connectivity index is 1.59. The monoisotopic (exact) mass is 246 g/mol. The molecule has 2 aliphatic heterocycles. The van der Waals surface area contributed by atoms with E-state index in [2.05, 4.69) is 35.8 Å². The van der Waals surface area contributed by atoms with Gasteiger partial charge in [0.15, 0.2) is 0 Å². The van der Waals surface area contributed by atoms with Crippen molar-refractivity contribution in [1.29, 1.82) is 0 Å². The minimum absolute atomic E-state index is 0.0470. The predicted octanol–water partition coefficient (Wildman–Crippen LogP) is 2.31. The van der Waals surface area contributed by atoms with Crippen molar-refractivity contribution < 1.29 is 4.74 Å². The first-order valence-electron chi connectivity index (χ1n) is 6.96. The average molecular weight is 246 g/mol. The molecule has 18 heavy (non-hydrogen) atoms. The molecular weight excluding hydrogens is 224 g/mol. The van der Waals surface area contributed by atoms with Crippen LogP contribution in [0.1, 0.15) is 30.9 Å². The topological polar surface area (TPSA) is 33.3 Å². The molecule has 98 valence electrons. The molecule has 0 aromatic heterocycles. The zero-order valence-electron chi connectivity index (χ0n) is 11.1. The number of para-hydroxylation sites is 1. The van der Waals surface area contributed by atoms with E-state index in [1.807, 2.05) is 0 Å². The third kappa shape index (κ3) is 2.38. The fourth-order valence-corrected chi connectivity index (χ4v) is 3.00. The second kappa shape index (κ2) is 4.90. The first kappa shape index (κ1) is 12.0. The molecule has 0 radical (unpaired) electrons. The van der Waals surface area contributed by atoms with Crippen LogP contribution in [0.5, 0.6) is 0 Å². The number of rotatable bonds is 4. The van der Waals surface area contributed by atoms with Crippen molar-refractivity contribution >= 4 is 5.69 Å². The number of hydrogen-bond acceptors (Lipinski definition) is 3. The lowest BCUT2D eigenvalue weighted by atomic mass is 10.0. The van der Waals surface area contributed by atoms with Gasteiger partial charge in [0, 0.05) is 31.9 Å². The molecule has 1 saturated heterocycles. The lowest BCUT2D eigenvalue weighted by molar-refractivity contribution is 0.0207. The van der Waals surface area contributed by atoms with Crippen molar-refractivity contribution in [2.24, 2.45) is 0 Å². The molecule has 0 amide bonds. The molecule has 0 bridgehead atoms. The summed E-state index contributed by atoms with van der Waals surface area (Å²) in [5.74, 6) is 0. The second-order valence-electron chi connectivity index (χ2n) is 5.63. The molecule has 2 aliphatic rings. The molecule has 1 aromatic rings. The lowest BCUT2D eigenvalue weighted by Crippen LogP contribution is -2.36. The van der Waals surface area contributed by atoms with Crippen molar-refractivity contribution in [1.82, 2.24) is 5.32 Å². The van der Waals surface area contributed by atoms with E-state index in [1.165, 1.54) is 29.7 Å². The van der Waals surface area contributed by atoms with Crippen molar-refractivity contribution in [3.8, 4) is 0 Å². The Morgan fingerprint density at radius 2 is 2.39 bits per heavy atom. The number of fused-ring (bicyclic) bond motifs is 1. The summed E-state index contributed by atoms with van der Waals surface area (Å²) in [6.07, 6.45) is 3.52. The van der Waals surface area contributed by atoms with Crippen molar-refractivity contribution in [2.75, 3.05) is 25.0 Å². The summed E-state index contributed by atoms with van der Waals surface area (Å²) in [6, 6.07) is 6.60. The van der Waals surface area contributed by atoms with E-state index in [9.17, 15) is 0 Å². The van der Waals surface area contributed by atoms with Gasteiger partial charge in [0.25, 0.3) is 0 Å². The van der Waals surface area contributed by atoms with E-state index >= 15 is 0 Å². The average Bonchev–Trinajstić information content (AvgIpc) is 2.98. The van der Waals surface area contributed by atoms with E-state index in [-0.39, 0.29) is 5.60 Å². The van der Waals surface area contributed by atoms with Crippen LogP contribution in [0, 0.1) is 0 Å². The first-order chi connectivity index (χ1) is 8.77. The van der Waals surface area contributed by atoms with E-state index in [0.717, 1.165) is 32.7 Å². The molecule has 1 fully saturated rings. The van der Waals surface area contributed by atoms with Gasteiger partial charge in [-0.3, -0.25) is 0 Å². The summed E-state index contributed by atoms with van der Waals surface area (Å²) < 4.78 is 5.79. The molecule has 1 atom stereocenters. The Morgan fingerprint density at radius 1 is 1.44 bits per heavy atom. The summed E-state index contributed by atoms with van der Waals surface area (Å²) in [5, 5.41) is 7.03. The zero-order chi connectivity index (χ0) is 12.4. The number of anilines is 1. The molecule has 0 saturated carbocycles. The Kier molecular flexibility index (Phi) is 3.27. The highest BCUT2D eigenvalue weighted by Gasteiger charge is 2.29. The molecule has 1 aromatic carbocycles. The number of nitrogens with one attached hydrogen (secondary N) is 2. The molecule has 2 N–H and O–H groups in total. The quantitative estimate of drug-likeness (QED) is 0.855.